The molecule has 0 spiro atoms. The first-order valence-electron chi connectivity index (χ1n) is 16.4. The normalized spacial score (nSPS) is 22.2. The summed E-state index contributed by atoms with van der Waals surface area (Å²) in [5, 5.41) is 11.0. The maximum atomic E-state index is 16.8. The molecular weight excluding hydrogens is 619 g/mol. The van der Waals surface area contributed by atoms with Crippen molar-refractivity contribution in [3.8, 4) is 23.3 Å². The van der Waals surface area contributed by atoms with Crippen LogP contribution >= 0.6 is 11.3 Å². The summed E-state index contributed by atoms with van der Waals surface area (Å²) in [6, 6.07) is 4.96. The molecule has 2 unspecified atom stereocenters. The molecule has 8 rings (SSSR count). The number of halogens is 2. The lowest BCUT2D eigenvalue weighted by molar-refractivity contribution is 0.0682. The molecule has 9 nitrogen and oxygen atoms in total. The maximum absolute atomic E-state index is 16.8. The maximum Gasteiger partial charge on any atom is 0.319 e. The smallest absolute Gasteiger partial charge is 0.319 e. The lowest BCUT2D eigenvalue weighted by Gasteiger charge is -2.49. The third-order valence-corrected chi connectivity index (χ3v) is 12.3. The van der Waals surface area contributed by atoms with Crippen molar-refractivity contribution in [2.45, 2.75) is 44.1 Å². The molecule has 12 heteroatoms. The average molecular weight is 657 g/mol. The molecule has 4 heterocycles. The lowest BCUT2D eigenvalue weighted by atomic mass is 9.75. The molecule has 3 saturated carbocycles. The first-order chi connectivity index (χ1) is 22.6. The van der Waals surface area contributed by atoms with Gasteiger partial charge in [-0.1, -0.05) is 0 Å². The number of aliphatic imine (C=N–C) groups is 1. The Morgan fingerprint density at radius 2 is 1.91 bits per heavy atom. The number of piperidine rings is 1. The fraction of sp³-hybridized carbons (Fsp3) is 0.514. The van der Waals surface area contributed by atoms with E-state index < -0.39 is 11.6 Å². The van der Waals surface area contributed by atoms with Gasteiger partial charge in [0.15, 0.2) is 5.82 Å². The summed E-state index contributed by atoms with van der Waals surface area (Å²) >= 11 is 1.01. The number of thiophene rings is 1. The minimum atomic E-state index is -0.677. The number of benzene rings is 1. The number of nitrogens with zero attached hydrogens (tertiary/aromatic N) is 8. The van der Waals surface area contributed by atoms with Gasteiger partial charge in [-0.05, 0) is 83.3 Å². The largest absolute Gasteiger partial charge is 0.463 e. The summed E-state index contributed by atoms with van der Waals surface area (Å²) in [5.74, 6) is 1.11. The van der Waals surface area contributed by atoms with Gasteiger partial charge in [0.2, 0.25) is 0 Å². The number of hydrogen-bond acceptors (Lipinski definition) is 10. The summed E-state index contributed by atoms with van der Waals surface area (Å²) < 4.78 is 38.3. The molecule has 1 aromatic carbocycles. The van der Waals surface area contributed by atoms with Crippen LogP contribution in [0.4, 0.5) is 19.6 Å². The predicted octanol–water partition coefficient (Wildman–Crippen LogP) is 6.42. The minimum Gasteiger partial charge on any atom is -0.463 e. The fourth-order valence-electron chi connectivity index (χ4n) is 7.83. The second-order valence-electron chi connectivity index (χ2n) is 14.4. The molecule has 3 aromatic heterocycles. The van der Waals surface area contributed by atoms with E-state index in [1.165, 1.54) is 31.6 Å². The standard InChI is InChI=1S/C35H38F2N8OS/c1-39-32-23(13-38)26-22(6-7-25(36)30(26)47-32)28-27(37)29-24(14-40-28)31(44(4)18-35(43(2)3)8-5-9-35)42-33(41-29)46-19-34(10-11-34)17-45-15-20-12-21(20)16-45/h6-7,14,20-21H,1,5,8-12,15-19H2,2-4H3. The first-order valence-corrected chi connectivity index (χ1v) is 17.2. The highest BCUT2D eigenvalue weighted by atomic mass is 32.1. The third-order valence-electron chi connectivity index (χ3n) is 11.1. The molecule has 3 aliphatic carbocycles. The predicted molar refractivity (Wildman–Crippen MR) is 181 cm³/mol. The van der Waals surface area contributed by atoms with E-state index in [0.717, 1.165) is 61.8 Å². The van der Waals surface area contributed by atoms with Gasteiger partial charge in [0.25, 0.3) is 0 Å². The number of likely N-dealkylation sites (tertiary alicyclic amines) is 1. The van der Waals surface area contributed by atoms with Crippen molar-refractivity contribution in [3.63, 3.8) is 0 Å². The van der Waals surface area contributed by atoms with Crippen molar-refractivity contribution < 1.29 is 13.5 Å². The van der Waals surface area contributed by atoms with Gasteiger partial charge >= 0.3 is 6.01 Å². The van der Waals surface area contributed by atoms with Gasteiger partial charge in [-0.3, -0.25) is 9.98 Å². The van der Waals surface area contributed by atoms with Crippen LogP contribution in [0, 0.1) is 40.2 Å². The van der Waals surface area contributed by atoms with Crippen LogP contribution in [-0.4, -0.2) is 90.9 Å². The number of nitriles is 1. The molecule has 4 aliphatic rings. The van der Waals surface area contributed by atoms with E-state index in [0.29, 0.717) is 29.9 Å². The minimum absolute atomic E-state index is 0.00326. The number of likely N-dealkylation sites (N-methyl/N-ethyl adjacent to an activating group) is 2. The molecule has 1 saturated heterocycles. The lowest BCUT2D eigenvalue weighted by Crippen LogP contribution is -2.56. The first kappa shape index (κ1) is 30.5. The van der Waals surface area contributed by atoms with E-state index in [2.05, 4.69) is 56.5 Å². The van der Waals surface area contributed by atoms with Gasteiger partial charge < -0.3 is 19.4 Å². The summed E-state index contributed by atoms with van der Waals surface area (Å²) in [7, 11) is 6.17. The summed E-state index contributed by atoms with van der Waals surface area (Å²) in [5.41, 5.74) is 0.556. The van der Waals surface area contributed by atoms with Gasteiger partial charge in [0.1, 0.15) is 33.9 Å². The van der Waals surface area contributed by atoms with Crippen LogP contribution in [0.2, 0.25) is 0 Å². The third kappa shape index (κ3) is 5.14. The highest BCUT2D eigenvalue weighted by Gasteiger charge is 2.51. The second kappa shape index (κ2) is 11.1. The summed E-state index contributed by atoms with van der Waals surface area (Å²) in [6.07, 6.45) is 8.43. The molecule has 4 fully saturated rings. The monoisotopic (exact) mass is 656 g/mol. The van der Waals surface area contributed by atoms with E-state index in [4.69, 9.17) is 9.72 Å². The van der Waals surface area contributed by atoms with Gasteiger partial charge in [-0.25, -0.2) is 8.78 Å². The van der Waals surface area contributed by atoms with Crippen molar-refractivity contribution in [2.75, 3.05) is 58.8 Å². The summed E-state index contributed by atoms with van der Waals surface area (Å²) in [6.45, 7) is 8.09. The van der Waals surface area contributed by atoms with Crippen molar-refractivity contribution >= 4 is 49.9 Å². The van der Waals surface area contributed by atoms with Crippen molar-refractivity contribution in [3.05, 3.63) is 35.5 Å². The highest BCUT2D eigenvalue weighted by molar-refractivity contribution is 7.23. The zero-order valence-corrected chi connectivity index (χ0v) is 27.8. The average Bonchev–Trinajstić information content (AvgIpc) is 3.89. The molecule has 0 amide bonds. The molecular formula is C35H38F2N8OS. The Morgan fingerprint density at radius 1 is 1.15 bits per heavy atom. The molecule has 47 heavy (non-hydrogen) atoms. The molecule has 1 aliphatic heterocycles. The quantitative estimate of drug-likeness (QED) is 0.171. The Labute approximate surface area is 276 Å². The zero-order chi connectivity index (χ0) is 32.7. The molecule has 4 aromatic rings. The van der Waals surface area contributed by atoms with Crippen LogP contribution in [0.15, 0.2) is 23.3 Å². The fourth-order valence-corrected chi connectivity index (χ4v) is 8.81. The van der Waals surface area contributed by atoms with E-state index in [1.807, 2.05) is 7.05 Å². The van der Waals surface area contributed by atoms with Crippen molar-refractivity contribution in [1.29, 1.82) is 5.26 Å². The number of anilines is 1. The van der Waals surface area contributed by atoms with Crippen LogP contribution in [0.5, 0.6) is 6.01 Å². The zero-order valence-electron chi connectivity index (χ0n) is 27.0. The number of ether oxygens (including phenoxy) is 1. The molecule has 0 bridgehead atoms. The molecule has 244 valence electrons. The van der Waals surface area contributed by atoms with E-state index in [-0.39, 0.29) is 48.8 Å². The topological polar surface area (TPSA) is 93.8 Å². The van der Waals surface area contributed by atoms with Crippen molar-refractivity contribution in [1.82, 2.24) is 24.8 Å². The molecule has 2 atom stereocenters. The number of aromatic nitrogens is 3. The second-order valence-corrected chi connectivity index (χ2v) is 15.4. The number of fused-ring (bicyclic) bond motifs is 3. The van der Waals surface area contributed by atoms with Gasteiger partial charge in [0, 0.05) is 61.3 Å². The van der Waals surface area contributed by atoms with E-state index in [1.54, 1.807) is 6.20 Å². The van der Waals surface area contributed by atoms with E-state index >= 15 is 4.39 Å². The Hall–Kier alpha value is -3.79. The Morgan fingerprint density at radius 3 is 2.55 bits per heavy atom. The van der Waals surface area contributed by atoms with Crippen LogP contribution < -0.4 is 9.64 Å². The number of hydrogen-bond donors (Lipinski definition) is 0. The Kier molecular flexibility index (Phi) is 7.24. The molecule has 0 N–H and O–H groups in total. The Balaban J connectivity index is 1.20. The highest BCUT2D eigenvalue weighted by Crippen LogP contribution is 2.51. The summed E-state index contributed by atoms with van der Waals surface area (Å²) in [4.78, 5) is 24.9. The van der Waals surface area contributed by atoms with Gasteiger partial charge in [0.05, 0.1) is 22.3 Å². The SMILES string of the molecule is C=Nc1sc2c(F)ccc(-c3ncc4c(N(C)CC5(N(C)C)CCC5)nc(OCC5(CN6CC7CC7C6)CC5)nc4c3F)c2c1C#N. The van der Waals surface area contributed by atoms with Gasteiger partial charge in [-0.15, -0.1) is 11.3 Å². The number of rotatable bonds is 11. The van der Waals surface area contributed by atoms with Crippen LogP contribution in [0.1, 0.15) is 44.1 Å². The van der Waals surface area contributed by atoms with E-state index in [9.17, 15) is 9.65 Å². The van der Waals surface area contributed by atoms with Crippen LogP contribution in [-0.2, 0) is 0 Å². The number of pyridine rings is 1. The van der Waals surface area contributed by atoms with Crippen LogP contribution in [0.25, 0.3) is 32.2 Å². The van der Waals surface area contributed by atoms with Crippen LogP contribution in [0.3, 0.4) is 0 Å². The molecule has 0 radical (unpaired) electrons. The Bertz CT molecular complexity index is 1950. The van der Waals surface area contributed by atoms with Gasteiger partial charge in [-0.2, -0.15) is 15.2 Å². The van der Waals surface area contributed by atoms with Crippen molar-refractivity contribution in [2.24, 2.45) is 22.2 Å².